The highest BCUT2D eigenvalue weighted by Gasteiger charge is 2.39. The van der Waals surface area contributed by atoms with E-state index in [1.807, 2.05) is 13.8 Å². The lowest BCUT2D eigenvalue weighted by Crippen LogP contribution is -2.59. The van der Waals surface area contributed by atoms with Crippen molar-refractivity contribution in [2.45, 2.75) is 95.5 Å². The van der Waals surface area contributed by atoms with Crippen LogP contribution in [0.25, 0.3) is 0 Å². The number of amides is 3. The highest BCUT2D eigenvalue weighted by molar-refractivity contribution is 5.91. The number of piperidine rings is 1. The molecule has 216 valence electrons. The van der Waals surface area contributed by atoms with E-state index < -0.39 is 78.7 Å². The predicted octanol–water partition coefficient (Wildman–Crippen LogP) is -0.460. The van der Waals surface area contributed by atoms with Gasteiger partial charge in [0, 0.05) is 32.9 Å². The van der Waals surface area contributed by atoms with E-state index in [0.29, 0.717) is 19.3 Å². The van der Waals surface area contributed by atoms with E-state index in [1.165, 1.54) is 12.0 Å². The lowest BCUT2D eigenvalue weighted by molar-refractivity contribution is -0.148. The van der Waals surface area contributed by atoms with E-state index in [9.17, 15) is 33.9 Å². The van der Waals surface area contributed by atoms with Gasteiger partial charge in [-0.3, -0.25) is 24.0 Å². The highest BCUT2D eigenvalue weighted by Crippen LogP contribution is 2.24. The number of nitrogens with zero attached hydrogens (tertiary/aromatic N) is 1. The van der Waals surface area contributed by atoms with Crippen LogP contribution in [0.1, 0.15) is 65.2 Å². The third kappa shape index (κ3) is 11.0. The largest absolute Gasteiger partial charge is 0.481 e. The average molecular weight is 545 g/mol. The summed E-state index contributed by atoms with van der Waals surface area (Å²) in [6.45, 7) is 3.96. The van der Waals surface area contributed by atoms with Crippen molar-refractivity contribution >= 4 is 35.6 Å². The Bertz CT molecular complexity index is 865. The summed E-state index contributed by atoms with van der Waals surface area (Å²) in [4.78, 5) is 73.9. The number of hydrogen-bond acceptors (Lipinski definition) is 8. The summed E-state index contributed by atoms with van der Waals surface area (Å²) >= 11 is 0. The molecule has 1 saturated heterocycles. The van der Waals surface area contributed by atoms with E-state index in [0.717, 1.165) is 0 Å². The second-order valence-corrected chi connectivity index (χ2v) is 9.84. The molecule has 1 heterocycles. The Hall–Kier alpha value is -3.26. The first-order chi connectivity index (χ1) is 17.8. The molecule has 0 radical (unpaired) electrons. The fraction of sp³-hybridized carbons (Fsp3) is 0.750. The fourth-order valence-corrected chi connectivity index (χ4v) is 4.40. The van der Waals surface area contributed by atoms with Gasteiger partial charge in [0.1, 0.15) is 12.1 Å². The number of ether oxygens (including phenoxy) is 1. The Morgan fingerprint density at radius 1 is 0.974 bits per heavy atom. The zero-order valence-corrected chi connectivity index (χ0v) is 22.1. The van der Waals surface area contributed by atoms with Crippen molar-refractivity contribution in [2.24, 2.45) is 11.7 Å². The molecule has 1 aliphatic heterocycles. The second kappa shape index (κ2) is 15.9. The zero-order chi connectivity index (χ0) is 29.0. The van der Waals surface area contributed by atoms with E-state index in [2.05, 4.69) is 10.6 Å². The van der Waals surface area contributed by atoms with Crippen molar-refractivity contribution in [3.63, 3.8) is 0 Å². The van der Waals surface area contributed by atoms with Gasteiger partial charge in [0.25, 0.3) is 0 Å². The zero-order valence-electron chi connectivity index (χ0n) is 22.1. The molecule has 0 aromatic heterocycles. The van der Waals surface area contributed by atoms with Crippen LogP contribution < -0.4 is 16.4 Å². The van der Waals surface area contributed by atoms with Gasteiger partial charge in [0.15, 0.2) is 0 Å². The van der Waals surface area contributed by atoms with Crippen LogP contribution in [-0.4, -0.2) is 99.8 Å². The van der Waals surface area contributed by atoms with Crippen molar-refractivity contribution < 1.29 is 48.8 Å². The minimum Gasteiger partial charge on any atom is -0.481 e. The van der Waals surface area contributed by atoms with Gasteiger partial charge in [-0.2, -0.15) is 0 Å². The van der Waals surface area contributed by atoms with Gasteiger partial charge in [0.2, 0.25) is 17.7 Å². The van der Waals surface area contributed by atoms with Crippen LogP contribution in [0.4, 0.5) is 0 Å². The van der Waals surface area contributed by atoms with Crippen molar-refractivity contribution in [2.75, 3.05) is 13.7 Å². The number of aliphatic carboxylic acids is 3. The molecule has 1 rings (SSSR count). The molecule has 1 aliphatic rings. The van der Waals surface area contributed by atoms with Crippen molar-refractivity contribution in [3.05, 3.63) is 0 Å². The Morgan fingerprint density at radius 2 is 1.55 bits per heavy atom. The summed E-state index contributed by atoms with van der Waals surface area (Å²) in [5, 5.41) is 32.2. The molecule has 0 bridgehead atoms. The molecule has 0 aliphatic carbocycles. The van der Waals surface area contributed by atoms with Gasteiger partial charge < -0.3 is 41.3 Å². The molecule has 5 atom stereocenters. The molecule has 0 aromatic carbocycles. The quantitative estimate of drug-likeness (QED) is 0.146. The fourth-order valence-electron chi connectivity index (χ4n) is 4.40. The van der Waals surface area contributed by atoms with E-state index in [1.54, 1.807) is 0 Å². The average Bonchev–Trinajstić information content (AvgIpc) is 2.82. The molecular weight excluding hydrogens is 504 g/mol. The first-order valence-corrected chi connectivity index (χ1v) is 12.6. The number of carbonyl (C=O) groups excluding carboxylic acids is 3. The van der Waals surface area contributed by atoms with Crippen LogP contribution >= 0.6 is 0 Å². The van der Waals surface area contributed by atoms with Gasteiger partial charge in [-0.25, -0.2) is 4.79 Å². The van der Waals surface area contributed by atoms with Gasteiger partial charge in [0.05, 0.1) is 18.2 Å². The monoisotopic (exact) mass is 544 g/mol. The predicted molar refractivity (Wildman–Crippen MR) is 133 cm³/mol. The summed E-state index contributed by atoms with van der Waals surface area (Å²) in [6, 6.07) is -4.37. The minimum absolute atomic E-state index is 0.112. The molecule has 0 unspecified atom stereocenters. The van der Waals surface area contributed by atoms with Crippen LogP contribution in [0.2, 0.25) is 0 Å². The molecule has 7 N–H and O–H groups in total. The van der Waals surface area contributed by atoms with Gasteiger partial charge in [-0.1, -0.05) is 13.8 Å². The number of likely N-dealkylation sites (tertiary alicyclic amines) is 1. The Morgan fingerprint density at radius 3 is 2.05 bits per heavy atom. The molecular formula is C24H40N4O10. The number of carboxylic acid groups (broad SMARTS) is 3. The number of carbonyl (C=O) groups is 6. The third-order valence-electron chi connectivity index (χ3n) is 6.30. The molecule has 14 nitrogen and oxygen atoms in total. The molecule has 0 saturated carbocycles. The van der Waals surface area contributed by atoms with Crippen molar-refractivity contribution in [3.8, 4) is 0 Å². The number of carboxylic acids is 3. The maximum atomic E-state index is 13.6. The van der Waals surface area contributed by atoms with E-state index in [4.69, 9.17) is 20.7 Å². The minimum atomic E-state index is -1.43. The molecule has 3 amide bonds. The summed E-state index contributed by atoms with van der Waals surface area (Å²) < 4.78 is 5.49. The van der Waals surface area contributed by atoms with Crippen LogP contribution in [0.15, 0.2) is 0 Å². The number of methoxy groups -OCH3 is 1. The van der Waals surface area contributed by atoms with Crippen LogP contribution in [0.5, 0.6) is 0 Å². The highest BCUT2D eigenvalue weighted by atomic mass is 16.5. The van der Waals surface area contributed by atoms with E-state index in [-0.39, 0.29) is 31.7 Å². The Balaban J connectivity index is 3.11. The van der Waals surface area contributed by atoms with Gasteiger partial charge in [-0.05, 0) is 38.0 Å². The van der Waals surface area contributed by atoms with Crippen molar-refractivity contribution in [1.82, 2.24) is 15.5 Å². The standard InChI is InChI=1S/C24H40N4O10/c1-13(2)11-14(25)22(34)27-15(6-8-20(30)31)23(35)28-10-4-5-18(38-3)17(28)12-19(29)26-16(24(36)37)7-9-21(32)33/h13-18H,4-12,25H2,1-3H3,(H,26,29)(H,27,34)(H,30,31)(H,32,33)(H,36,37)/t14-,15-,16-,17+,18+/m0/s1. The second-order valence-electron chi connectivity index (χ2n) is 9.84. The first-order valence-electron chi connectivity index (χ1n) is 12.6. The van der Waals surface area contributed by atoms with Gasteiger partial charge in [-0.15, -0.1) is 0 Å². The number of rotatable bonds is 16. The molecule has 1 fully saturated rings. The SMILES string of the molecule is CO[C@@H]1CCCN(C(=O)[C@H](CCC(=O)O)NC(=O)[C@@H](N)CC(C)C)[C@@H]1CC(=O)N[C@@H](CCC(=O)O)C(=O)O. The number of nitrogens with one attached hydrogen (secondary N) is 2. The topological polar surface area (TPSA) is 226 Å². The lowest BCUT2D eigenvalue weighted by atomic mass is 9.93. The Labute approximate surface area is 221 Å². The summed E-state index contributed by atoms with van der Waals surface area (Å²) in [6.07, 6.45) is -0.919. The van der Waals surface area contributed by atoms with Crippen LogP contribution in [-0.2, 0) is 33.5 Å². The maximum Gasteiger partial charge on any atom is 0.326 e. The first kappa shape index (κ1) is 32.8. The molecule has 0 spiro atoms. The van der Waals surface area contributed by atoms with Crippen LogP contribution in [0, 0.1) is 5.92 Å². The third-order valence-corrected chi connectivity index (χ3v) is 6.30. The summed E-state index contributed by atoms with van der Waals surface area (Å²) in [7, 11) is 1.41. The smallest absolute Gasteiger partial charge is 0.326 e. The molecule has 38 heavy (non-hydrogen) atoms. The van der Waals surface area contributed by atoms with Crippen LogP contribution in [0.3, 0.4) is 0 Å². The molecule has 14 heteroatoms. The number of nitrogens with two attached hydrogens (primary N) is 1. The lowest BCUT2D eigenvalue weighted by Gasteiger charge is -2.42. The Kier molecular flexibility index (Phi) is 13.7. The van der Waals surface area contributed by atoms with Gasteiger partial charge >= 0.3 is 17.9 Å². The summed E-state index contributed by atoms with van der Waals surface area (Å²) in [5.41, 5.74) is 5.94. The van der Waals surface area contributed by atoms with E-state index >= 15 is 0 Å². The normalized spacial score (nSPS) is 19.8. The molecule has 0 aromatic rings. The van der Waals surface area contributed by atoms with Crippen molar-refractivity contribution in [1.29, 1.82) is 0 Å². The maximum absolute atomic E-state index is 13.6. The number of hydrogen-bond donors (Lipinski definition) is 6. The summed E-state index contributed by atoms with van der Waals surface area (Å²) in [5.74, 6) is -5.57.